The Hall–Kier alpha value is -2.55. The number of benzene rings is 2. The molecule has 0 fully saturated rings. The molecule has 0 saturated carbocycles. The van der Waals surface area contributed by atoms with E-state index in [0.717, 1.165) is 22.0 Å². The first kappa shape index (κ1) is 13.1. The van der Waals surface area contributed by atoms with E-state index in [2.05, 4.69) is 19.1 Å². The molecule has 0 bridgehead atoms. The minimum atomic E-state index is -0.105. The fourth-order valence-corrected chi connectivity index (χ4v) is 3.41. The fourth-order valence-electron chi connectivity index (χ4n) is 3.41. The van der Waals surface area contributed by atoms with Gasteiger partial charge in [0.1, 0.15) is 6.10 Å². The lowest BCUT2D eigenvalue weighted by Crippen LogP contribution is -2.14. The Morgan fingerprint density at radius 3 is 2.45 bits per heavy atom. The standard InChI is InChI=1S/C19H17NO2/c1-12-16-17(21)14-10-6-7-11-15(14)20(2)19(16)22-18(12)13-8-4-3-5-9-13/h3-12,18H,1-2H3. The molecule has 2 heterocycles. The molecule has 1 aliphatic rings. The van der Waals surface area contributed by atoms with Crippen LogP contribution in [-0.2, 0) is 7.05 Å². The zero-order chi connectivity index (χ0) is 15.3. The number of fused-ring (bicyclic) bond motifs is 2. The summed E-state index contributed by atoms with van der Waals surface area (Å²) in [6.07, 6.45) is -0.105. The van der Waals surface area contributed by atoms with Crippen molar-refractivity contribution in [2.75, 3.05) is 0 Å². The van der Waals surface area contributed by atoms with E-state index in [1.165, 1.54) is 0 Å². The first-order valence-electron chi connectivity index (χ1n) is 7.51. The van der Waals surface area contributed by atoms with Gasteiger partial charge in [0, 0.05) is 18.4 Å². The SMILES string of the molecule is CC1c2c(n(C)c3ccccc3c2=O)OC1c1ccccc1. The molecule has 110 valence electrons. The van der Waals surface area contributed by atoms with E-state index in [0.29, 0.717) is 5.88 Å². The molecular weight excluding hydrogens is 274 g/mol. The summed E-state index contributed by atoms with van der Waals surface area (Å²) in [6, 6.07) is 17.8. The van der Waals surface area contributed by atoms with Gasteiger partial charge in [0.2, 0.25) is 5.88 Å². The lowest BCUT2D eigenvalue weighted by Gasteiger charge is -2.15. The number of aromatic nitrogens is 1. The molecule has 22 heavy (non-hydrogen) atoms. The number of hydrogen-bond donors (Lipinski definition) is 0. The number of pyridine rings is 1. The van der Waals surface area contributed by atoms with Crippen molar-refractivity contribution in [1.82, 2.24) is 4.57 Å². The molecule has 3 heteroatoms. The first-order chi connectivity index (χ1) is 10.7. The van der Waals surface area contributed by atoms with Crippen LogP contribution in [0.3, 0.4) is 0 Å². The summed E-state index contributed by atoms with van der Waals surface area (Å²) in [5.41, 5.74) is 2.89. The van der Waals surface area contributed by atoms with Crippen molar-refractivity contribution in [3.8, 4) is 5.88 Å². The molecule has 0 spiro atoms. The lowest BCUT2D eigenvalue weighted by molar-refractivity contribution is 0.203. The molecule has 4 rings (SSSR count). The summed E-state index contributed by atoms with van der Waals surface area (Å²) in [5.74, 6) is 0.741. The Morgan fingerprint density at radius 2 is 1.68 bits per heavy atom. The minimum absolute atomic E-state index is 0.0423. The van der Waals surface area contributed by atoms with Crippen LogP contribution in [0.1, 0.15) is 30.1 Å². The summed E-state index contributed by atoms with van der Waals surface area (Å²) in [4.78, 5) is 12.9. The van der Waals surface area contributed by atoms with Crippen molar-refractivity contribution in [2.45, 2.75) is 18.9 Å². The summed E-state index contributed by atoms with van der Waals surface area (Å²) in [6.45, 7) is 2.07. The predicted molar refractivity (Wildman–Crippen MR) is 87.4 cm³/mol. The normalized spacial score (nSPS) is 19.9. The molecule has 3 nitrogen and oxygen atoms in total. The van der Waals surface area contributed by atoms with Gasteiger partial charge < -0.3 is 9.30 Å². The average molecular weight is 291 g/mol. The second kappa shape index (κ2) is 4.73. The van der Waals surface area contributed by atoms with Gasteiger partial charge in [0.25, 0.3) is 0 Å². The Labute approximate surface area is 128 Å². The van der Waals surface area contributed by atoms with Gasteiger partial charge in [-0.2, -0.15) is 0 Å². The Bertz CT molecular complexity index is 912. The molecule has 0 aliphatic carbocycles. The number of nitrogens with zero attached hydrogens (tertiary/aromatic N) is 1. The maximum atomic E-state index is 12.9. The smallest absolute Gasteiger partial charge is 0.201 e. The third-order valence-electron chi connectivity index (χ3n) is 4.57. The van der Waals surface area contributed by atoms with Crippen LogP contribution < -0.4 is 10.2 Å². The van der Waals surface area contributed by atoms with Crippen LogP contribution in [0, 0.1) is 0 Å². The van der Waals surface area contributed by atoms with Gasteiger partial charge in [-0.25, -0.2) is 0 Å². The van der Waals surface area contributed by atoms with Gasteiger partial charge in [-0.15, -0.1) is 0 Å². The highest BCUT2D eigenvalue weighted by atomic mass is 16.5. The van der Waals surface area contributed by atoms with Crippen LogP contribution in [0.25, 0.3) is 10.9 Å². The molecule has 0 N–H and O–H groups in total. The minimum Gasteiger partial charge on any atom is -0.470 e. The monoisotopic (exact) mass is 291 g/mol. The van der Waals surface area contributed by atoms with Crippen LogP contribution in [0.4, 0.5) is 0 Å². The zero-order valence-electron chi connectivity index (χ0n) is 12.6. The first-order valence-corrected chi connectivity index (χ1v) is 7.51. The summed E-state index contributed by atoms with van der Waals surface area (Å²) >= 11 is 0. The van der Waals surface area contributed by atoms with Gasteiger partial charge in [0.05, 0.1) is 11.1 Å². The van der Waals surface area contributed by atoms with Crippen molar-refractivity contribution >= 4 is 10.9 Å². The Morgan fingerprint density at radius 1 is 1.00 bits per heavy atom. The molecule has 2 aromatic carbocycles. The zero-order valence-corrected chi connectivity index (χ0v) is 12.6. The van der Waals surface area contributed by atoms with E-state index < -0.39 is 0 Å². The molecule has 3 aromatic rings. The molecule has 2 unspecified atom stereocenters. The number of para-hydroxylation sites is 1. The van der Waals surface area contributed by atoms with E-state index in [1.807, 2.05) is 54.1 Å². The van der Waals surface area contributed by atoms with Crippen LogP contribution in [-0.4, -0.2) is 4.57 Å². The highest BCUT2D eigenvalue weighted by molar-refractivity contribution is 5.81. The van der Waals surface area contributed by atoms with Crippen molar-refractivity contribution in [1.29, 1.82) is 0 Å². The van der Waals surface area contributed by atoms with Gasteiger partial charge in [-0.3, -0.25) is 4.79 Å². The van der Waals surface area contributed by atoms with E-state index >= 15 is 0 Å². The van der Waals surface area contributed by atoms with Crippen molar-refractivity contribution in [2.24, 2.45) is 7.05 Å². The maximum Gasteiger partial charge on any atom is 0.201 e. The third kappa shape index (κ3) is 1.72. The number of ether oxygens (including phenoxy) is 1. The van der Waals surface area contributed by atoms with E-state index in [1.54, 1.807) is 0 Å². The Kier molecular flexibility index (Phi) is 2.83. The maximum absolute atomic E-state index is 12.9. The average Bonchev–Trinajstić information content (AvgIpc) is 2.91. The largest absolute Gasteiger partial charge is 0.470 e. The third-order valence-corrected chi connectivity index (χ3v) is 4.57. The van der Waals surface area contributed by atoms with Gasteiger partial charge in [0.15, 0.2) is 5.43 Å². The van der Waals surface area contributed by atoms with Crippen molar-refractivity contribution < 1.29 is 4.74 Å². The van der Waals surface area contributed by atoms with Gasteiger partial charge in [-0.1, -0.05) is 49.4 Å². The molecule has 0 amide bonds. The van der Waals surface area contributed by atoms with Crippen molar-refractivity contribution in [3.63, 3.8) is 0 Å². The topological polar surface area (TPSA) is 31.2 Å². The lowest BCUT2D eigenvalue weighted by atomic mass is 9.92. The Balaban J connectivity index is 1.96. The van der Waals surface area contributed by atoms with Crippen LogP contribution >= 0.6 is 0 Å². The van der Waals surface area contributed by atoms with Gasteiger partial charge in [-0.05, 0) is 17.7 Å². The van der Waals surface area contributed by atoms with E-state index in [9.17, 15) is 4.79 Å². The van der Waals surface area contributed by atoms with E-state index in [4.69, 9.17) is 4.74 Å². The molecule has 0 radical (unpaired) electrons. The molecule has 1 aromatic heterocycles. The summed E-state index contributed by atoms with van der Waals surface area (Å²) < 4.78 is 8.18. The second-order valence-electron chi connectivity index (χ2n) is 5.86. The fraction of sp³-hybridized carbons (Fsp3) is 0.211. The highest BCUT2D eigenvalue weighted by Crippen LogP contribution is 2.44. The number of aryl methyl sites for hydroxylation is 1. The quantitative estimate of drug-likeness (QED) is 0.683. The number of hydrogen-bond acceptors (Lipinski definition) is 2. The second-order valence-corrected chi connectivity index (χ2v) is 5.86. The van der Waals surface area contributed by atoms with Gasteiger partial charge >= 0.3 is 0 Å². The molecular formula is C19H17NO2. The highest BCUT2D eigenvalue weighted by Gasteiger charge is 2.36. The summed E-state index contributed by atoms with van der Waals surface area (Å²) in [5, 5.41) is 0.757. The number of rotatable bonds is 1. The van der Waals surface area contributed by atoms with Crippen LogP contribution in [0.5, 0.6) is 5.88 Å². The van der Waals surface area contributed by atoms with E-state index in [-0.39, 0.29) is 17.5 Å². The molecule has 0 saturated heterocycles. The molecule has 2 atom stereocenters. The molecule has 1 aliphatic heterocycles. The summed E-state index contributed by atoms with van der Waals surface area (Å²) in [7, 11) is 1.96. The van der Waals surface area contributed by atoms with Crippen LogP contribution in [0.2, 0.25) is 0 Å². The predicted octanol–water partition coefficient (Wildman–Crippen LogP) is 3.78. The van der Waals surface area contributed by atoms with Crippen LogP contribution in [0.15, 0.2) is 59.4 Å². The van der Waals surface area contributed by atoms with Crippen molar-refractivity contribution in [3.05, 3.63) is 75.9 Å².